The van der Waals surface area contributed by atoms with E-state index >= 15 is 0 Å². The van der Waals surface area contributed by atoms with Crippen LogP contribution in [0, 0.1) is 0 Å². The predicted octanol–water partition coefficient (Wildman–Crippen LogP) is 3.91. The van der Waals surface area contributed by atoms with E-state index in [-0.39, 0.29) is 11.2 Å². The van der Waals surface area contributed by atoms with Crippen molar-refractivity contribution < 1.29 is 4.79 Å². The maximum atomic E-state index is 11.3. The lowest BCUT2D eigenvalue weighted by Crippen LogP contribution is -2.15. The molecule has 0 atom stereocenters. The molecular weight excluding hydrogens is 356 g/mol. The summed E-state index contributed by atoms with van der Waals surface area (Å²) >= 11 is 1.68. The van der Waals surface area contributed by atoms with Crippen LogP contribution < -0.4 is 5.73 Å². The minimum Gasteiger partial charge on any atom is -0.370 e. The molecule has 3 aromatic rings. The van der Waals surface area contributed by atoms with Crippen LogP contribution in [-0.2, 0) is 11.3 Å². The number of primary amides is 1. The maximum Gasteiger partial charge on any atom is 0.219 e. The third-order valence-electron chi connectivity index (χ3n) is 4.70. The van der Waals surface area contributed by atoms with Crippen LogP contribution in [0.15, 0.2) is 65.8 Å². The van der Waals surface area contributed by atoms with Crippen molar-refractivity contribution in [2.24, 2.45) is 5.73 Å². The Kier molecular flexibility index (Phi) is 5.25. The molecule has 4 rings (SSSR count). The first-order valence-electron chi connectivity index (χ1n) is 9.20. The van der Waals surface area contributed by atoms with Gasteiger partial charge in [0.05, 0.1) is 5.25 Å². The van der Waals surface area contributed by atoms with Crippen molar-refractivity contribution in [3.05, 3.63) is 77.6 Å². The van der Waals surface area contributed by atoms with Gasteiger partial charge in [0.25, 0.3) is 0 Å². The number of amides is 1. The third-order valence-corrected chi connectivity index (χ3v) is 5.99. The van der Waals surface area contributed by atoms with Crippen LogP contribution in [0.5, 0.6) is 0 Å². The van der Waals surface area contributed by atoms with Crippen molar-refractivity contribution in [2.45, 2.75) is 42.1 Å². The normalized spacial score (nSPS) is 13.8. The van der Waals surface area contributed by atoms with E-state index in [0.29, 0.717) is 18.9 Å². The van der Waals surface area contributed by atoms with Gasteiger partial charge in [0.2, 0.25) is 5.91 Å². The van der Waals surface area contributed by atoms with Crippen molar-refractivity contribution in [3.63, 3.8) is 0 Å². The molecule has 138 valence electrons. The van der Waals surface area contributed by atoms with E-state index in [1.54, 1.807) is 11.8 Å². The Bertz CT molecular complexity index is 867. The van der Waals surface area contributed by atoms with Crippen LogP contribution >= 0.6 is 11.8 Å². The lowest BCUT2D eigenvalue weighted by molar-refractivity contribution is -0.118. The molecule has 1 fully saturated rings. The van der Waals surface area contributed by atoms with Crippen molar-refractivity contribution in [2.75, 3.05) is 0 Å². The van der Waals surface area contributed by atoms with E-state index in [9.17, 15) is 4.79 Å². The van der Waals surface area contributed by atoms with E-state index in [1.807, 2.05) is 12.1 Å². The number of hydrogen-bond acceptors (Lipinski definition) is 4. The first-order valence-corrected chi connectivity index (χ1v) is 10.1. The molecule has 0 bridgehead atoms. The molecule has 27 heavy (non-hydrogen) atoms. The van der Waals surface area contributed by atoms with Gasteiger partial charge in [-0.05, 0) is 24.0 Å². The molecule has 2 aromatic carbocycles. The van der Waals surface area contributed by atoms with Crippen molar-refractivity contribution in [1.29, 1.82) is 0 Å². The van der Waals surface area contributed by atoms with E-state index < -0.39 is 0 Å². The molecule has 1 amide bonds. The minimum atomic E-state index is -0.302. The number of hydrogen-bond donors (Lipinski definition) is 1. The average molecular weight is 379 g/mol. The highest BCUT2D eigenvalue weighted by atomic mass is 32.2. The van der Waals surface area contributed by atoms with Crippen molar-refractivity contribution in [3.8, 4) is 0 Å². The first kappa shape index (κ1) is 17.8. The number of benzene rings is 2. The SMILES string of the molecule is NC(=O)CCn1c(SC(c2ccccc2)c2ccccc2)nnc1C1CC1. The Morgan fingerprint density at radius 1 is 1.04 bits per heavy atom. The van der Waals surface area contributed by atoms with Gasteiger partial charge in [-0.1, -0.05) is 72.4 Å². The average Bonchev–Trinajstić information content (AvgIpc) is 3.46. The van der Waals surface area contributed by atoms with E-state index in [4.69, 9.17) is 5.73 Å². The molecule has 0 aliphatic heterocycles. The number of rotatable bonds is 8. The van der Waals surface area contributed by atoms with Crippen molar-refractivity contribution >= 4 is 17.7 Å². The summed E-state index contributed by atoms with van der Waals surface area (Å²) in [4.78, 5) is 11.3. The second kappa shape index (κ2) is 7.96. The van der Waals surface area contributed by atoms with Gasteiger partial charge >= 0.3 is 0 Å². The molecule has 0 unspecified atom stereocenters. The van der Waals surface area contributed by atoms with Crippen LogP contribution in [0.25, 0.3) is 0 Å². The Morgan fingerprint density at radius 3 is 2.15 bits per heavy atom. The Labute approximate surface area is 163 Å². The number of aromatic nitrogens is 3. The molecule has 5 nitrogen and oxygen atoms in total. The number of carbonyl (C=O) groups is 1. The number of nitrogens with zero attached hydrogens (tertiary/aromatic N) is 3. The molecule has 1 aliphatic rings. The van der Waals surface area contributed by atoms with Crippen LogP contribution in [-0.4, -0.2) is 20.7 Å². The fourth-order valence-corrected chi connectivity index (χ4v) is 4.35. The van der Waals surface area contributed by atoms with Gasteiger partial charge < -0.3 is 10.3 Å². The predicted molar refractivity (Wildman–Crippen MR) is 106 cm³/mol. The van der Waals surface area contributed by atoms with E-state index in [0.717, 1.165) is 23.8 Å². The molecule has 1 heterocycles. The molecular formula is C21H22N4OS. The summed E-state index contributed by atoms with van der Waals surface area (Å²) in [7, 11) is 0. The first-order chi connectivity index (χ1) is 13.2. The fraction of sp³-hybridized carbons (Fsp3) is 0.286. The Hall–Kier alpha value is -2.60. The molecule has 0 radical (unpaired) electrons. The lowest BCUT2D eigenvalue weighted by Gasteiger charge is -2.18. The number of thioether (sulfide) groups is 1. The highest BCUT2D eigenvalue weighted by molar-refractivity contribution is 7.99. The summed E-state index contributed by atoms with van der Waals surface area (Å²) < 4.78 is 2.09. The van der Waals surface area contributed by atoms with E-state index in [2.05, 4.69) is 63.3 Å². The second-order valence-corrected chi connectivity index (χ2v) is 7.87. The van der Waals surface area contributed by atoms with Gasteiger partial charge in [0, 0.05) is 18.9 Å². The third kappa shape index (κ3) is 4.22. The highest BCUT2D eigenvalue weighted by Crippen LogP contribution is 2.43. The van der Waals surface area contributed by atoms with Gasteiger partial charge in [0.1, 0.15) is 5.82 Å². The van der Waals surface area contributed by atoms with Gasteiger partial charge in [-0.25, -0.2) is 0 Å². The summed E-state index contributed by atoms with van der Waals surface area (Å²) in [6.45, 7) is 0.535. The summed E-state index contributed by atoms with van der Waals surface area (Å²) in [6.07, 6.45) is 2.58. The van der Waals surface area contributed by atoms with Crippen LogP contribution in [0.1, 0.15) is 47.4 Å². The Balaban J connectivity index is 1.68. The smallest absolute Gasteiger partial charge is 0.219 e. The largest absolute Gasteiger partial charge is 0.370 e. The molecule has 1 aliphatic carbocycles. The van der Waals surface area contributed by atoms with Crippen LogP contribution in [0.3, 0.4) is 0 Å². The van der Waals surface area contributed by atoms with Gasteiger partial charge in [-0.2, -0.15) is 0 Å². The highest BCUT2D eigenvalue weighted by Gasteiger charge is 2.31. The maximum absolute atomic E-state index is 11.3. The van der Waals surface area contributed by atoms with Crippen molar-refractivity contribution in [1.82, 2.24) is 14.8 Å². The van der Waals surface area contributed by atoms with Crippen LogP contribution in [0.2, 0.25) is 0 Å². The van der Waals surface area contributed by atoms with E-state index in [1.165, 1.54) is 11.1 Å². The van der Waals surface area contributed by atoms with Crippen LogP contribution in [0.4, 0.5) is 0 Å². The Morgan fingerprint density at radius 2 is 1.63 bits per heavy atom. The summed E-state index contributed by atoms with van der Waals surface area (Å²) in [5.74, 6) is 1.15. The number of nitrogens with two attached hydrogens (primary N) is 1. The summed E-state index contributed by atoms with van der Waals surface area (Å²) in [5.41, 5.74) is 7.81. The summed E-state index contributed by atoms with van der Waals surface area (Å²) in [6, 6.07) is 20.8. The topological polar surface area (TPSA) is 73.8 Å². The zero-order valence-corrected chi connectivity index (χ0v) is 15.8. The standard InChI is InChI=1S/C21H22N4OS/c22-18(26)13-14-25-20(17-11-12-17)23-24-21(25)27-19(15-7-3-1-4-8-15)16-9-5-2-6-10-16/h1-10,17,19H,11-14H2,(H2,22,26). The lowest BCUT2D eigenvalue weighted by atomic mass is 10.0. The minimum absolute atomic E-state index is 0.107. The zero-order valence-electron chi connectivity index (χ0n) is 15.0. The van der Waals surface area contributed by atoms with Gasteiger partial charge in [-0.15, -0.1) is 10.2 Å². The quantitative estimate of drug-likeness (QED) is 0.603. The molecule has 0 saturated heterocycles. The fourth-order valence-electron chi connectivity index (χ4n) is 3.15. The zero-order chi connectivity index (χ0) is 18.6. The monoisotopic (exact) mass is 378 g/mol. The molecule has 6 heteroatoms. The van der Waals surface area contributed by atoms with Gasteiger partial charge in [-0.3, -0.25) is 4.79 Å². The molecule has 2 N–H and O–H groups in total. The molecule has 0 spiro atoms. The molecule has 1 aromatic heterocycles. The number of carbonyl (C=O) groups excluding carboxylic acids is 1. The molecule has 1 saturated carbocycles. The summed E-state index contributed by atoms with van der Waals surface area (Å²) in [5, 5.41) is 9.86. The van der Waals surface area contributed by atoms with Gasteiger partial charge in [0.15, 0.2) is 5.16 Å². The second-order valence-electron chi connectivity index (χ2n) is 6.80.